The Morgan fingerprint density at radius 2 is 1.75 bits per heavy atom. The number of aromatic nitrogens is 1. The summed E-state index contributed by atoms with van der Waals surface area (Å²) in [5.41, 5.74) is 0. The van der Waals surface area contributed by atoms with E-state index in [1.807, 2.05) is 0 Å². The van der Waals surface area contributed by atoms with Crippen LogP contribution in [-0.2, 0) is 0 Å². The largest absolute Gasteiger partial charge is 0.503 e. The van der Waals surface area contributed by atoms with Crippen LogP contribution in [0.1, 0.15) is 0 Å². The summed E-state index contributed by atoms with van der Waals surface area (Å²) in [4.78, 5) is 2.71. The fraction of sp³-hybridized carbons (Fsp3) is 0. The first-order valence-corrected chi connectivity index (χ1v) is 3.90. The molecule has 0 saturated heterocycles. The van der Waals surface area contributed by atoms with E-state index in [4.69, 9.17) is 23.7 Å². The van der Waals surface area contributed by atoms with Crippen LogP contribution >= 0.6 is 0 Å². The highest BCUT2D eigenvalue weighted by molar-refractivity contribution is 5.08. The number of nitrogens with one attached hydrogen (secondary N) is 1. The molecule has 0 aliphatic carbocycles. The summed E-state index contributed by atoms with van der Waals surface area (Å²) in [5, 5.41) is 8.60. The predicted octanol–water partition coefficient (Wildman–Crippen LogP) is -4.55. The Labute approximate surface area is 70.1 Å². The maximum atomic E-state index is 8.60. The van der Waals surface area contributed by atoms with Crippen molar-refractivity contribution in [3.8, 4) is 5.75 Å². The second-order valence-electron chi connectivity index (χ2n) is 1.64. The Morgan fingerprint density at radius 1 is 1.25 bits per heavy atom. The van der Waals surface area contributed by atoms with E-state index >= 15 is 0 Å². The molecule has 0 atom stereocenters. The van der Waals surface area contributed by atoms with Gasteiger partial charge < -0.3 is 5.11 Å². The smallest absolute Gasteiger partial charge is 0.209 e. The van der Waals surface area contributed by atoms with Crippen LogP contribution in [0.3, 0.4) is 0 Å². The van der Waals surface area contributed by atoms with Gasteiger partial charge in [0.05, 0.1) is 0 Å². The topological polar surface area (TPSA) is 127 Å². The molecule has 0 fully saturated rings. The first-order chi connectivity index (χ1) is 5.39. The van der Waals surface area contributed by atoms with Gasteiger partial charge in [0.15, 0.2) is 11.9 Å². The SMILES string of the molecule is Oc1ccc[nH+]c1.[O-][Cl+3]([O-])([O-])[O-]. The molecular weight excluding hydrogens is 190 g/mol. The van der Waals surface area contributed by atoms with E-state index in [0.29, 0.717) is 0 Å². The molecule has 0 spiro atoms. The molecule has 7 heteroatoms. The first kappa shape index (κ1) is 11.1. The normalized spacial score (nSPS) is 10.0. The second-order valence-corrected chi connectivity index (χ2v) is 2.40. The van der Waals surface area contributed by atoms with Crippen LogP contribution in [0, 0.1) is 10.2 Å². The van der Waals surface area contributed by atoms with Gasteiger partial charge in [-0.15, -0.1) is 10.2 Å². The molecule has 0 unspecified atom stereocenters. The molecule has 1 rings (SSSR count). The van der Waals surface area contributed by atoms with Crippen molar-refractivity contribution in [3.63, 3.8) is 0 Å². The summed E-state index contributed by atoms with van der Waals surface area (Å²) in [6.07, 6.45) is 3.25. The molecule has 2 N–H and O–H groups in total. The molecule has 1 aromatic heterocycles. The summed E-state index contributed by atoms with van der Waals surface area (Å²) in [6.45, 7) is 0. The Kier molecular flexibility index (Phi) is 4.49. The number of halogens is 1. The number of H-pyrrole nitrogens is 1. The van der Waals surface area contributed by atoms with Crippen molar-refractivity contribution in [1.82, 2.24) is 0 Å². The minimum absolute atomic E-state index is 0.266. The molecule has 0 aliphatic rings. The molecule has 0 amide bonds. The van der Waals surface area contributed by atoms with E-state index in [1.54, 1.807) is 18.3 Å². The van der Waals surface area contributed by atoms with Crippen LogP contribution in [0.5, 0.6) is 5.75 Å². The van der Waals surface area contributed by atoms with Gasteiger partial charge >= 0.3 is 0 Å². The highest BCUT2D eigenvalue weighted by Gasteiger charge is 1.84. The molecule has 1 aromatic rings. The van der Waals surface area contributed by atoms with Crippen LogP contribution in [0.4, 0.5) is 0 Å². The van der Waals surface area contributed by atoms with Crippen LogP contribution in [0.2, 0.25) is 0 Å². The van der Waals surface area contributed by atoms with Crippen molar-refractivity contribution in [1.29, 1.82) is 0 Å². The molecule has 0 aromatic carbocycles. The molecule has 0 radical (unpaired) electrons. The Hall–Kier alpha value is -0.920. The van der Waals surface area contributed by atoms with Crippen LogP contribution in [0.15, 0.2) is 24.5 Å². The van der Waals surface area contributed by atoms with Gasteiger partial charge in [-0.2, -0.15) is 0 Å². The lowest BCUT2D eigenvalue weighted by Crippen LogP contribution is -2.68. The average molecular weight is 196 g/mol. The average Bonchev–Trinajstić information content (AvgIpc) is 1.85. The van der Waals surface area contributed by atoms with E-state index in [9.17, 15) is 0 Å². The molecular formula is C5H6ClNO5. The second kappa shape index (κ2) is 4.86. The molecule has 0 bridgehead atoms. The van der Waals surface area contributed by atoms with Crippen LogP contribution < -0.4 is 23.6 Å². The summed E-state index contributed by atoms with van der Waals surface area (Å²) in [5.74, 6) is 0.266. The van der Waals surface area contributed by atoms with Gasteiger partial charge in [-0.3, -0.25) is 0 Å². The highest BCUT2D eigenvalue weighted by atomic mass is 35.7. The lowest BCUT2D eigenvalue weighted by Gasteiger charge is -2.17. The van der Waals surface area contributed by atoms with Gasteiger partial charge in [0.2, 0.25) is 6.20 Å². The number of aromatic amines is 1. The van der Waals surface area contributed by atoms with Gasteiger partial charge in [-0.25, -0.2) is 23.6 Å². The number of hydrogen-bond acceptors (Lipinski definition) is 5. The summed E-state index contributed by atoms with van der Waals surface area (Å²) < 4.78 is 34.0. The van der Waals surface area contributed by atoms with E-state index < -0.39 is 10.2 Å². The number of hydrogen-bond donors (Lipinski definition) is 1. The predicted molar refractivity (Wildman–Crippen MR) is 24.7 cm³/mol. The summed E-state index contributed by atoms with van der Waals surface area (Å²) >= 11 is 0. The van der Waals surface area contributed by atoms with E-state index in [2.05, 4.69) is 4.98 Å². The monoisotopic (exact) mass is 195 g/mol. The quantitative estimate of drug-likeness (QED) is 0.446. The molecule has 68 valence electrons. The summed E-state index contributed by atoms with van der Waals surface area (Å²) in [6, 6.07) is 3.34. The molecule has 12 heavy (non-hydrogen) atoms. The highest BCUT2D eigenvalue weighted by Crippen LogP contribution is 1.97. The minimum Gasteiger partial charge on any atom is -0.503 e. The Bertz CT molecular complexity index is 205. The third-order valence-electron chi connectivity index (χ3n) is 0.691. The van der Waals surface area contributed by atoms with Crippen molar-refractivity contribution in [2.75, 3.05) is 0 Å². The van der Waals surface area contributed by atoms with Crippen molar-refractivity contribution in [3.05, 3.63) is 24.5 Å². The van der Waals surface area contributed by atoms with Crippen molar-refractivity contribution < 1.29 is 39.0 Å². The molecule has 0 saturated carbocycles. The fourth-order valence-electron chi connectivity index (χ4n) is 0.384. The molecule has 0 aliphatic heterocycles. The van der Waals surface area contributed by atoms with E-state index in [0.717, 1.165) is 0 Å². The van der Waals surface area contributed by atoms with Crippen LogP contribution in [0.25, 0.3) is 0 Å². The molecule has 6 nitrogen and oxygen atoms in total. The third kappa shape index (κ3) is 11.8. The number of aromatic hydroxyl groups is 1. The number of rotatable bonds is 0. The first-order valence-electron chi connectivity index (χ1n) is 2.66. The van der Waals surface area contributed by atoms with Crippen molar-refractivity contribution >= 4 is 0 Å². The lowest BCUT2D eigenvalue weighted by atomic mass is 10.5. The molecule has 1 heterocycles. The van der Waals surface area contributed by atoms with E-state index in [-0.39, 0.29) is 5.75 Å². The standard InChI is InChI=1S/C5H5NO.ClHO4/c7-5-2-1-3-6-4-5;2-1(3,4)5/h1-4,7H;(H,2,3,4,5). The fourth-order valence-corrected chi connectivity index (χ4v) is 0.384. The zero-order chi connectivity index (χ0) is 9.61. The van der Waals surface area contributed by atoms with Crippen molar-refractivity contribution in [2.24, 2.45) is 0 Å². The lowest BCUT2D eigenvalue weighted by molar-refractivity contribution is -2.00. The van der Waals surface area contributed by atoms with Gasteiger partial charge in [0.25, 0.3) is 0 Å². The van der Waals surface area contributed by atoms with Crippen LogP contribution in [-0.4, -0.2) is 5.11 Å². The van der Waals surface area contributed by atoms with Gasteiger partial charge in [0, 0.05) is 6.07 Å². The van der Waals surface area contributed by atoms with Crippen molar-refractivity contribution in [2.45, 2.75) is 0 Å². The van der Waals surface area contributed by atoms with Gasteiger partial charge in [-0.05, 0) is 6.07 Å². The zero-order valence-electron chi connectivity index (χ0n) is 5.77. The maximum absolute atomic E-state index is 8.60. The van der Waals surface area contributed by atoms with E-state index in [1.165, 1.54) is 6.20 Å². The summed E-state index contributed by atoms with van der Waals surface area (Å²) in [7, 11) is -4.94. The Morgan fingerprint density at radius 3 is 1.92 bits per heavy atom. The maximum Gasteiger partial charge on any atom is 0.209 e. The zero-order valence-corrected chi connectivity index (χ0v) is 6.52. The van der Waals surface area contributed by atoms with Gasteiger partial charge in [0.1, 0.15) is 0 Å². The Balaban J connectivity index is 0.000000217. The van der Waals surface area contributed by atoms with Gasteiger partial charge in [-0.1, -0.05) is 0 Å². The third-order valence-corrected chi connectivity index (χ3v) is 0.691. The minimum atomic E-state index is -4.94. The number of pyridine rings is 1.